The molecule has 18 heavy (non-hydrogen) atoms. The maximum Gasteiger partial charge on any atom is 1.00 e. The van der Waals surface area contributed by atoms with Crippen LogP contribution >= 0.6 is 7.91 Å². The van der Waals surface area contributed by atoms with Gasteiger partial charge in [-0.2, -0.15) is 0 Å². The quantitative estimate of drug-likeness (QED) is 0.128. The van der Waals surface area contributed by atoms with Gasteiger partial charge in [-0.05, 0) is 6.10 Å². The van der Waals surface area contributed by atoms with Crippen molar-refractivity contribution in [3.8, 4) is 0 Å². The standard InChI is InChI=1S/C6H11O5.2Na.HO4P/c1-3-4(8)5(9)6(10,2-7)11-3;;;1-4-5(2)3/h3-5,7-10H,1-2H2;;;1H/q-1;2*+1;/p-1/t3-,4-,5+,6-;;;/m1.../s1. The van der Waals surface area contributed by atoms with Crippen molar-refractivity contribution >= 4 is 7.91 Å². The minimum absolute atomic E-state index is 0. The molecule has 0 aromatic rings. The molecule has 0 aromatic heterocycles. The summed E-state index contributed by atoms with van der Waals surface area (Å²) in [6, 6.07) is 0. The van der Waals surface area contributed by atoms with Crippen LogP contribution < -0.4 is 64.4 Å². The van der Waals surface area contributed by atoms with Gasteiger partial charge in [0.15, 0.2) is 0 Å². The third-order valence-corrected chi connectivity index (χ3v) is 1.93. The minimum Gasteiger partial charge on any atom is -0.710 e. The first-order chi connectivity index (χ1) is 7.28. The molecule has 0 radical (unpaired) electrons. The average Bonchev–Trinajstić information content (AvgIpc) is 2.44. The number of aliphatic hydroxyl groups excluding tert-OH is 3. The molecule has 0 unspecified atom stereocenters. The molecule has 4 N–H and O–H groups in total. The van der Waals surface area contributed by atoms with Crippen molar-refractivity contribution < 1.29 is 103 Å². The summed E-state index contributed by atoms with van der Waals surface area (Å²) in [5, 5.41) is 44.4. The molecule has 0 aromatic carbocycles. The van der Waals surface area contributed by atoms with Gasteiger partial charge in [0.1, 0.15) is 6.10 Å². The molecular weight excluding hydrogens is 293 g/mol. The zero-order chi connectivity index (χ0) is 12.9. The summed E-state index contributed by atoms with van der Waals surface area (Å²) < 4.78 is 24.8. The van der Waals surface area contributed by atoms with E-state index >= 15 is 0 Å². The number of ether oxygens (including phenoxy) is 1. The topological polar surface area (TPSA) is 157 Å². The van der Waals surface area contributed by atoms with Gasteiger partial charge in [0.2, 0.25) is 5.79 Å². The minimum atomic E-state index is -3.15. The second kappa shape index (κ2) is 11.3. The average molecular weight is 304 g/mol. The van der Waals surface area contributed by atoms with Gasteiger partial charge in [-0.25, -0.2) is 9.13 Å². The van der Waals surface area contributed by atoms with Crippen LogP contribution in [0.2, 0.25) is 0 Å². The SMILES string of the molecule is O=P(=O)O[O-].[CH2-][C@H]1O[C@](O)(CO)[C@@H](O)[C@@H]1O.[Na+].[Na+]. The third kappa shape index (κ3) is 7.41. The number of rotatable bonds is 2. The van der Waals surface area contributed by atoms with Gasteiger partial charge in [0.25, 0.3) is 0 Å². The molecule has 1 aliphatic heterocycles. The van der Waals surface area contributed by atoms with Crippen LogP contribution in [0.4, 0.5) is 0 Å². The smallest absolute Gasteiger partial charge is 0.710 e. The molecule has 1 aliphatic rings. The third-order valence-electron chi connectivity index (χ3n) is 1.81. The van der Waals surface area contributed by atoms with Gasteiger partial charge in [-0.15, -0.1) is 0 Å². The Morgan fingerprint density at radius 3 is 1.89 bits per heavy atom. The van der Waals surface area contributed by atoms with Crippen LogP contribution in [0.25, 0.3) is 0 Å². The Hall–Kier alpha value is 1.62. The second-order valence-electron chi connectivity index (χ2n) is 2.89. The van der Waals surface area contributed by atoms with E-state index in [9.17, 15) is 5.11 Å². The van der Waals surface area contributed by atoms with Gasteiger partial charge >= 0.3 is 67.0 Å². The van der Waals surface area contributed by atoms with Gasteiger partial charge < -0.3 is 42.0 Å². The van der Waals surface area contributed by atoms with E-state index in [1.807, 2.05) is 0 Å². The Morgan fingerprint density at radius 2 is 1.78 bits per heavy atom. The summed E-state index contributed by atoms with van der Waals surface area (Å²) in [4.78, 5) is 0. The van der Waals surface area contributed by atoms with E-state index in [1.165, 1.54) is 0 Å². The van der Waals surface area contributed by atoms with Crippen LogP contribution in [0, 0.1) is 6.92 Å². The summed E-state index contributed by atoms with van der Waals surface area (Å²) in [7, 11) is -3.15. The first-order valence-electron chi connectivity index (χ1n) is 3.93. The monoisotopic (exact) mass is 304 g/mol. The van der Waals surface area contributed by atoms with Crippen LogP contribution in [0.5, 0.6) is 0 Å². The van der Waals surface area contributed by atoms with Gasteiger partial charge in [0, 0.05) is 0 Å². The van der Waals surface area contributed by atoms with Crippen molar-refractivity contribution in [2.45, 2.75) is 24.1 Å². The molecule has 1 rings (SSSR count). The molecule has 4 atom stereocenters. The zero-order valence-electron chi connectivity index (χ0n) is 9.92. The zero-order valence-corrected chi connectivity index (χ0v) is 14.8. The van der Waals surface area contributed by atoms with Crippen molar-refractivity contribution in [3.05, 3.63) is 6.92 Å². The van der Waals surface area contributed by atoms with Crippen molar-refractivity contribution in [2.24, 2.45) is 0 Å². The van der Waals surface area contributed by atoms with E-state index in [2.05, 4.69) is 16.3 Å². The van der Waals surface area contributed by atoms with E-state index in [1.54, 1.807) is 0 Å². The van der Waals surface area contributed by atoms with Gasteiger partial charge in [-0.1, -0.05) is 0 Å². The van der Waals surface area contributed by atoms with Gasteiger partial charge in [-0.3, -0.25) is 0 Å². The molecule has 0 saturated carbocycles. The maximum atomic E-state index is 9.19. The van der Waals surface area contributed by atoms with Crippen LogP contribution in [0.3, 0.4) is 0 Å². The van der Waals surface area contributed by atoms with E-state index in [0.717, 1.165) is 0 Å². The summed E-state index contributed by atoms with van der Waals surface area (Å²) in [6.07, 6.45) is -3.68. The molecule has 0 spiro atoms. The van der Waals surface area contributed by atoms with E-state index in [0.29, 0.717) is 0 Å². The summed E-state index contributed by atoms with van der Waals surface area (Å²) in [6.45, 7) is 2.54. The summed E-state index contributed by atoms with van der Waals surface area (Å²) >= 11 is 0. The van der Waals surface area contributed by atoms with Crippen LogP contribution in [0.15, 0.2) is 0 Å². The van der Waals surface area contributed by atoms with E-state index < -0.39 is 38.6 Å². The molecule has 0 bridgehead atoms. The van der Waals surface area contributed by atoms with Crippen molar-refractivity contribution in [1.82, 2.24) is 0 Å². The van der Waals surface area contributed by atoms with E-state index in [4.69, 9.17) is 29.7 Å². The Balaban J connectivity index is -0.000000282. The molecule has 96 valence electrons. The second-order valence-corrected chi connectivity index (χ2v) is 3.49. The first kappa shape index (κ1) is 24.6. The van der Waals surface area contributed by atoms with Gasteiger partial charge in [0.05, 0.1) is 12.7 Å². The normalized spacial score (nSPS) is 33.6. The maximum absolute atomic E-state index is 9.19. The van der Waals surface area contributed by atoms with Crippen LogP contribution in [-0.4, -0.2) is 51.1 Å². The largest absolute Gasteiger partial charge is 1.00 e. The molecule has 12 heteroatoms. The predicted molar refractivity (Wildman–Crippen MR) is 43.7 cm³/mol. The van der Waals surface area contributed by atoms with Crippen molar-refractivity contribution in [2.75, 3.05) is 6.61 Å². The van der Waals surface area contributed by atoms with E-state index in [-0.39, 0.29) is 59.1 Å². The first-order valence-corrected chi connectivity index (χ1v) is 5.02. The fraction of sp³-hybridized carbons (Fsp3) is 0.833. The fourth-order valence-electron chi connectivity index (χ4n) is 1.00. The fourth-order valence-corrected chi connectivity index (χ4v) is 1.00. The molecule has 1 fully saturated rings. The number of hydrogen-bond acceptors (Lipinski definition) is 9. The molecule has 0 amide bonds. The molecule has 0 aliphatic carbocycles. The molecule has 1 saturated heterocycles. The summed E-state index contributed by atoms with van der Waals surface area (Å²) in [5.41, 5.74) is 0. The van der Waals surface area contributed by atoms with Crippen LogP contribution in [-0.2, 0) is 18.5 Å². The van der Waals surface area contributed by atoms with Crippen LogP contribution in [0.1, 0.15) is 0 Å². The Morgan fingerprint density at radius 1 is 1.39 bits per heavy atom. The molecule has 9 nitrogen and oxygen atoms in total. The Labute approximate surface area is 148 Å². The predicted octanol–water partition coefficient (Wildman–Crippen LogP) is -9.00. The molecular formula is C6H11Na2O9P. The summed E-state index contributed by atoms with van der Waals surface area (Å²) in [5.74, 6) is -2.06. The van der Waals surface area contributed by atoms with Crippen molar-refractivity contribution in [1.29, 1.82) is 0 Å². The Kier molecular flexibility index (Phi) is 15.5. The number of hydrogen-bond donors (Lipinski definition) is 4. The Bertz CT molecular complexity index is 280. The molecule has 1 heterocycles. The van der Waals surface area contributed by atoms with Crippen molar-refractivity contribution in [3.63, 3.8) is 0 Å². The number of aliphatic hydroxyl groups is 4.